The van der Waals surface area contributed by atoms with Crippen molar-refractivity contribution in [2.75, 3.05) is 27.8 Å². The molecule has 0 unspecified atom stereocenters. The second kappa shape index (κ2) is 14.2. The highest BCUT2D eigenvalue weighted by molar-refractivity contribution is 7.03. The molecule has 0 amide bonds. The molecule has 16 rings (SSSR count). The van der Waals surface area contributed by atoms with Crippen molar-refractivity contribution in [1.82, 2.24) is 0 Å². The standard InChI is InChI=1S/C59H40B3N3O4/c1-4-16-36(17-5-1)64-45-34-55-43(60-39-20-8-10-22-49(39)66-51-24-14-26-53(68-55)58(51)60)32-41(45)62-42-33-44-56(69-54-27-15-25-52-59(54)61(44)40-21-9-11-23-50(40)67-52)35-46(42)65(37-18-6-2-7-19-37)48-31-38(30-47(64)57(48)62)63-28-12-3-13-29-63/h1-2,4-11,14-27,30-35H,3,12-13,28-29H2. The van der Waals surface area contributed by atoms with Gasteiger partial charge >= 0.3 is 0 Å². The summed E-state index contributed by atoms with van der Waals surface area (Å²) in [6, 6.07) is 65.9. The molecule has 0 aliphatic carbocycles. The molecule has 7 heterocycles. The van der Waals surface area contributed by atoms with E-state index in [1.54, 1.807) is 0 Å². The third-order valence-corrected chi connectivity index (χ3v) is 15.7. The van der Waals surface area contributed by atoms with E-state index in [4.69, 9.17) is 18.9 Å². The van der Waals surface area contributed by atoms with Gasteiger partial charge in [-0.15, -0.1) is 0 Å². The number of fused-ring (bicyclic) bond motifs is 12. The number of benzene rings is 9. The summed E-state index contributed by atoms with van der Waals surface area (Å²) in [6.07, 6.45) is 3.61. The van der Waals surface area contributed by atoms with E-state index >= 15 is 0 Å². The Kier molecular flexibility index (Phi) is 7.76. The van der Waals surface area contributed by atoms with Crippen molar-refractivity contribution in [3.63, 3.8) is 0 Å². The summed E-state index contributed by atoms with van der Waals surface area (Å²) in [5.41, 5.74) is 18.4. The molecule has 1 fully saturated rings. The molecule has 0 saturated carbocycles. The number of nitrogens with zero attached hydrogens (tertiary/aromatic N) is 3. The Morgan fingerprint density at radius 2 is 0.696 bits per heavy atom. The predicted octanol–water partition coefficient (Wildman–Crippen LogP) is 8.21. The van der Waals surface area contributed by atoms with Gasteiger partial charge in [0.05, 0.1) is 0 Å². The van der Waals surface area contributed by atoms with E-state index in [1.807, 2.05) is 12.1 Å². The molecule has 9 aromatic rings. The first-order chi connectivity index (χ1) is 34.2. The number of ether oxygens (including phenoxy) is 4. The molecule has 69 heavy (non-hydrogen) atoms. The van der Waals surface area contributed by atoms with Crippen LogP contribution in [-0.4, -0.2) is 33.2 Å². The van der Waals surface area contributed by atoms with Crippen LogP contribution in [0.3, 0.4) is 0 Å². The highest BCUT2D eigenvalue weighted by atomic mass is 16.5. The zero-order chi connectivity index (χ0) is 44.9. The number of hydrogen-bond acceptors (Lipinski definition) is 7. The minimum atomic E-state index is -0.163. The molecular formula is C59H40B3N3O4. The first-order valence-corrected chi connectivity index (χ1v) is 24.4. The lowest BCUT2D eigenvalue weighted by atomic mass is 9.29. The summed E-state index contributed by atoms with van der Waals surface area (Å²) in [7, 11) is 0. The SMILES string of the molecule is c1ccc(N2c3cc4c(cc3B3c5cc6c(cc5N(c5ccccc5)c5cc(N7CCCCC7)cc2c53)Oc2cccc3c2B6c2ccccc2O3)B2c3ccccc3Oc3cccc(c32)O4)cc1. The van der Waals surface area contributed by atoms with E-state index in [1.165, 1.54) is 52.7 Å². The molecule has 0 radical (unpaired) electrons. The maximum atomic E-state index is 7.08. The van der Waals surface area contributed by atoms with Crippen LogP contribution in [0.2, 0.25) is 0 Å². The predicted molar refractivity (Wildman–Crippen MR) is 282 cm³/mol. The smallest absolute Gasteiger partial charge is 0.260 e. The van der Waals surface area contributed by atoms with Gasteiger partial charge in [-0.1, -0.05) is 97.1 Å². The highest BCUT2D eigenvalue weighted by Gasteiger charge is 2.49. The van der Waals surface area contributed by atoms with Gasteiger partial charge < -0.3 is 33.6 Å². The zero-order valence-corrected chi connectivity index (χ0v) is 37.6. The molecule has 0 bridgehead atoms. The van der Waals surface area contributed by atoms with Crippen LogP contribution in [0.4, 0.5) is 39.8 Å². The van der Waals surface area contributed by atoms with Crippen molar-refractivity contribution in [3.05, 3.63) is 182 Å². The Balaban J connectivity index is 1.02. The average molecular weight is 887 g/mol. The van der Waals surface area contributed by atoms with Crippen molar-refractivity contribution >= 4 is 109 Å². The van der Waals surface area contributed by atoms with Gasteiger partial charge in [-0.25, -0.2) is 0 Å². The van der Waals surface area contributed by atoms with Crippen molar-refractivity contribution in [2.24, 2.45) is 0 Å². The first-order valence-electron chi connectivity index (χ1n) is 24.4. The third kappa shape index (κ3) is 5.31. The van der Waals surface area contributed by atoms with Gasteiger partial charge in [0.1, 0.15) is 46.0 Å². The Morgan fingerprint density at radius 3 is 1.17 bits per heavy atom. The second-order valence-electron chi connectivity index (χ2n) is 19.3. The maximum Gasteiger partial charge on any atom is 0.260 e. The number of para-hydroxylation sites is 4. The van der Waals surface area contributed by atoms with E-state index < -0.39 is 0 Å². The number of piperidine rings is 1. The maximum absolute atomic E-state index is 7.08. The molecule has 7 nitrogen and oxygen atoms in total. The summed E-state index contributed by atoms with van der Waals surface area (Å²) < 4.78 is 27.4. The van der Waals surface area contributed by atoms with Gasteiger partial charge in [-0.2, -0.15) is 0 Å². The van der Waals surface area contributed by atoms with Crippen LogP contribution in [-0.2, 0) is 0 Å². The topological polar surface area (TPSA) is 46.6 Å². The molecule has 0 spiro atoms. The fourth-order valence-electron chi connectivity index (χ4n) is 12.8. The zero-order valence-electron chi connectivity index (χ0n) is 37.6. The fourth-order valence-corrected chi connectivity index (χ4v) is 12.8. The highest BCUT2D eigenvalue weighted by Crippen LogP contribution is 2.48. The van der Waals surface area contributed by atoms with E-state index in [0.717, 1.165) is 115 Å². The van der Waals surface area contributed by atoms with Gasteiger partial charge in [0, 0.05) is 76.0 Å². The monoisotopic (exact) mass is 887 g/mol. The van der Waals surface area contributed by atoms with E-state index in [2.05, 4.69) is 185 Å². The van der Waals surface area contributed by atoms with Crippen LogP contribution >= 0.6 is 0 Å². The van der Waals surface area contributed by atoms with Gasteiger partial charge in [0.15, 0.2) is 0 Å². The summed E-state index contributed by atoms with van der Waals surface area (Å²) in [5, 5.41) is 0. The number of hydrogen-bond donors (Lipinski definition) is 0. The molecular weight excluding hydrogens is 847 g/mol. The minimum absolute atomic E-state index is 0.0859. The van der Waals surface area contributed by atoms with Crippen LogP contribution in [0, 0.1) is 0 Å². The van der Waals surface area contributed by atoms with Gasteiger partial charge in [-0.3, -0.25) is 0 Å². The summed E-state index contributed by atoms with van der Waals surface area (Å²) in [4.78, 5) is 7.63. The van der Waals surface area contributed by atoms with Crippen LogP contribution in [0.1, 0.15) is 19.3 Å². The largest absolute Gasteiger partial charge is 0.458 e. The number of anilines is 7. The molecule has 7 aliphatic heterocycles. The molecule has 10 heteroatoms. The quantitative estimate of drug-likeness (QED) is 0.166. The second-order valence-corrected chi connectivity index (χ2v) is 19.3. The van der Waals surface area contributed by atoms with Crippen molar-refractivity contribution in [2.45, 2.75) is 19.3 Å². The van der Waals surface area contributed by atoms with Crippen molar-refractivity contribution in [3.8, 4) is 46.0 Å². The molecule has 9 aromatic carbocycles. The molecule has 0 aromatic heterocycles. The first kappa shape index (κ1) is 37.8. The van der Waals surface area contributed by atoms with Gasteiger partial charge in [0.2, 0.25) is 0 Å². The van der Waals surface area contributed by atoms with E-state index in [9.17, 15) is 0 Å². The fraction of sp³-hybridized carbons (Fsp3) is 0.0847. The lowest BCUT2D eigenvalue weighted by Gasteiger charge is -2.46. The molecule has 0 N–H and O–H groups in total. The van der Waals surface area contributed by atoms with E-state index in [0.29, 0.717) is 0 Å². The lowest BCUT2D eigenvalue weighted by molar-refractivity contribution is 0.464. The lowest BCUT2D eigenvalue weighted by Crippen LogP contribution is -2.65. The molecule has 1 saturated heterocycles. The molecule has 7 aliphatic rings. The van der Waals surface area contributed by atoms with Crippen molar-refractivity contribution in [1.29, 1.82) is 0 Å². The van der Waals surface area contributed by atoms with Crippen LogP contribution in [0.15, 0.2) is 182 Å². The van der Waals surface area contributed by atoms with Gasteiger partial charge in [-0.05, 0) is 130 Å². The van der Waals surface area contributed by atoms with Gasteiger partial charge in [0.25, 0.3) is 20.1 Å². The van der Waals surface area contributed by atoms with E-state index in [-0.39, 0.29) is 20.1 Å². The Morgan fingerprint density at radius 1 is 0.290 bits per heavy atom. The number of rotatable bonds is 3. The normalized spacial score (nSPS) is 15.5. The van der Waals surface area contributed by atoms with Crippen LogP contribution in [0.25, 0.3) is 0 Å². The Labute approximate surface area is 401 Å². The summed E-state index contributed by atoms with van der Waals surface area (Å²) in [6.45, 7) is 1.71. The average Bonchev–Trinajstić information content (AvgIpc) is 3.40. The Hall–Kier alpha value is -8.23. The van der Waals surface area contributed by atoms with Crippen LogP contribution in [0.5, 0.6) is 46.0 Å². The van der Waals surface area contributed by atoms with Crippen LogP contribution < -0.4 is 82.8 Å². The Bertz CT molecular complexity index is 3450. The molecule has 0 atom stereocenters. The third-order valence-electron chi connectivity index (χ3n) is 15.7. The summed E-state index contributed by atoms with van der Waals surface area (Å²) in [5.74, 6) is 6.83. The molecule has 324 valence electrons. The van der Waals surface area contributed by atoms with Crippen molar-refractivity contribution < 1.29 is 18.9 Å². The summed E-state index contributed by atoms with van der Waals surface area (Å²) >= 11 is 0. The minimum Gasteiger partial charge on any atom is -0.458 e.